The van der Waals surface area contributed by atoms with E-state index in [9.17, 15) is 0 Å². The van der Waals surface area contributed by atoms with Gasteiger partial charge in [0.25, 0.3) is 0 Å². The Bertz CT molecular complexity index is 361. The molecule has 4 nitrogen and oxygen atoms in total. The van der Waals surface area contributed by atoms with Crippen molar-refractivity contribution in [3.63, 3.8) is 0 Å². The first kappa shape index (κ1) is 12.8. The van der Waals surface area contributed by atoms with E-state index >= 15 is 0 Å². The molecule has 0 aliphatic carbocycles. The number of nitrogens with zero attached hydrogens (tertiary/aromatic N) is 3. The third-order valence-corrected chi connectivity index (χ3v) is 4.00. The molecule has 1 aliphatic rings. The van der Waals surface area contributed by atoms with Crippen molar-refractivity contribution >= 4 is 16.5 Å². The minimum absolute atomic E-state index is 0.289. The van der Waals surface area contributed by atoms with Crippen molar-refractivity contribution in [3.8, 4) is 0 Å². The predicted molar refractivity (Wildman–Crippen MR) is 73.1 cm³/mol. The van der Waals surface area contributed by atoms with Gasteiger partial charge in [-0.2, -0.15) is 0 Å². The quantitative estimate of drug-likeness (QED) is 0.871. The number of piperazine rings is 1. The van der Waals surface area contributed by atoms with Crippen molar-refractivity contribution < 1.29 is 0 Å². The van der Waals surface area contributed by atoms with Gasteiger partial charge in [-0.3, -0.25) is 9.80 Å². The molecule has 2 heterocycles. The van der Waals surface area contributed by atoms with Crippen molar-refractivity contribution in [2.24, 2.45) is 0 Å². The molecule has 0 spiro atoms. The Morgan fingerprint density at radius 3 is 2.41 bits per heavy atom. The van der Waals surface area contributed by atoms with Gasteiger partial charge in [-0.25, -0.2) is 4.98 Å². The van der Waals surface area contributed by atoms with Gasteiger partial charge in [-0.15, -0.1) is 11.3 Å². The first-order valence-electron chi connectivity index (χ1n) is 6.12. The van der Waals surface area contributed by atoms with E-state index in [2.05, 4.69) is 40.9 Å². The molecule has 96 valence electrons. The second kappa shape index (κ2) is 4.92. The Hall–Kier alpha value is -0.650. The van der Waals surface area contributed by atoms with Crippen molar-refractivity contribution in [2.75, 3.05) is 31.9 Å². The number of aromatic nitrogens is 1. The molecule has 0 radical (unpaired) electrons. The van der Waals surface area contributed by atoms with Gasteiger partial charge in [-0.1, -0.05) is 0 Å². The summed E-state index contributed by atoms with van der Waals surface area (Å²) in [5.74, 6) is 0. The first-order chi connectivity index (χ1) is 7.95. The molecule has 2 N–H and O–H groups in total. The predicted octanol–water partition coefficient (Wildman–Crippen LogP) is 1.64. The minimum Gasteiger partial charge on any atom is -0.375 e. The molecule has 0 saturated carbocycles. The fourth-order valence-corrected chi connectivity index (χ4v) is 2.76. The van der Waals surface area contributed by atoms with Crippen LogP contribution in [0.3, 0.4) is 0 Å². The molecule has 1 aromatic rings. The molecule has 1 fully saturated rings. The van der Waals surface area contributed by atoms with Gasteiger partial charge in [0.05, 0.1) is 5.69 Å². The van der Waals surface area contributed by atoms with Crippen LogP contribution in [0.25, 0.3) is 0 Å². The lowest BCUT2D eigenvalue weighted by atomic mass is 10.1. The summed E-state index contributed by atoms with van der Waals surface area (Å²) in [7, 11) is 0. The second-order valence-corrected chi connectivity index (χ2v) is 6.50. The molecule has 1 aliphatic heterocycles. The van der Waals surface area contributed by atoms with Gasteiger partial charge in [0, 0.05) is 43.6 Å². The Labute approximate surface area is 107 Å². The number of anilines is 1. The summed E-state index contributed by atoms with van der Waals surface area (Å²) in [6.07, 6.45) is 0. The fraction of sp³-hybridized carbons (Fsp3) is 0.750. The zero-order valence-electron chi connectivity index (χ0n) is 10.9. The van der Waals surface area contributed by atoms with Crippen molar-refractivity contribution in [1.82, 2.24) is 14.8 Å². The SMILES string of the molecule is CC(C)(C)N1CCN(Cc2csc(N)n2)CC1. The fourth-order valence-electron chi connectivity index (χ4n) is 2.20. The molecule has 0 aromatic carbocycles. The topological polar surface area (TPSA) is 45.4 Å². The number of rotatable bonds is 2. The van der Waals surface area contributed by atoms with Crippen LogP contribution in [-0.2, 0) is 6.54 Å². The van der Waals surface area contributed by atoms with Gasteiger partial charge in [0.15, 0.2) is 5.13 Å². The highest BCUT2D eigenvalue weighted by Crippen LogP contribution is 2.18. The zero-order chi connectivity index (χ0) is 12.5. The summed E-state index contributed by atoms with van der Waals surface area (Å²) in [5.41, 5.74) is 7.04. The van der Waals surface area contributed by atoms with Crippen LogP contribution < -0.4 is 5.73 Å². The van der Waals surface area contributed by atoms with Crippen molar-refractivity contribution in [1.29, 1.82) is 0 Å². The van der Waals surface area contributed by atoms with E-state index in [0.717, 1.165) is 38.4 Å². The standard InChI is InChI=1S/C12H22N4S/c1-12(2,3)16-6-4-15(5-7-16)8-10-9-17-11(13)14-10/h9H,4-8H2,1-3H3,(H2,13,14). The number of hydrogen-bond donors (Lipinski definition) is 1. The number of thiazole rings is 1. The minimum atomic E-state index is 0.289. The largest absolute Gasteiger partial charge is 0.375 e. The maximum Gasteiger partial charge on any atom is 0.180 e. The van der Waals surface area contributed by atoms with Gasteiger partial charge in [0.2, 0.25) is 0 Å². The summed E-state index contributed by atoms with van der Waals surface area (Å²) < 4.78 is 0. The van der Waals surface area contributed by atoms with Gasteiger partial charge in [-0.05, 0) is 20.8 Å². The molecular weight excluding hydrogens is 232 g/mol. The Morgan fingerprint density at radius 1 is 1.29 bits per heavy atom. The first-order valence-corrected chi connectivity index (χ1v) is 7.00. The van der Waals surface area contributed by atoms with Gasteiger partial charge in [0.1, 0.15) is 0 Å². The lowest BCUT2D eigenvalue weighted by Gasteiger charge is -2.42. The van der Waals surface area contributed by atoms with E-state index in [0.29, 0.717) is 5.13 Å². The smallest absolute Gasteiger partial charge is 0.180 e. The van der Waals surface area contributed by atoms with Crippen molar-refractivity contribution in [2.45, 2.75) is 32.9 Å². The summed E-state index contributed by atoms with van der Waals surface area (Å²) in [5, 5.41) is 2.74. The lowest BCUT2D eigenvalue weighted by Crippen LogP contribution is -2.53. The van der Waals surface area contributed by atoms with Gasteiger partial charge >= 0.3 is 0 Å². The molecule has 0 bridgehead atoms. The zero-order valence-corrected chi connectivity index (χ0v) is 11.8. The van der Waals surface area contributed by atoms with Gasteiger partial charge < -0.3 is 5.73 Å². The van der Waals surface area contributed by atoms with Crippen molar-refractivity contribution in [3.05, 3.63) is 11.1 Å². The van der Waals surface area contributed by atoms with Crippen LogP contribution in [0.2, 0.25) is 0 Å². The average molecular weight is 254 g/mol. The van der Waals surface area contributed by atoms with E-state index < -0.39 is 0 Å². The Morgan fingerprint density at radius 2 is 1.94 bits per heavy atom. The summed E-state index contributed by atoms with van der Waals surface area (Å²) in [6.45, 7) is 12.3. The monoisotopic (exact) mass is 254 g/mol. The summed E-state index contributed by atoms with van der Waals surface area (Å²) >= 11 is 1.53. The van der Waals surface area contributed by atoms with E-state index in [4.69, 9.17) is 5.73 Å². The molecule has 0 amide bonds. The molecule has 17 heavy (non-hydrogen) atoms. The van der Waals surface area contributed by atoms with E-state index in [1.165, 1.54) is 11.3 Å². The molecule has 2 rings (SSSR count). The van der Waals surface area contributed by atoms with E-state index in [-0.39, 0.29) is 5.54 Å². The Kier molecular flexibility index (Phi) is 3.70. The maximum absolute atomic E-state index is 5.64. The number of hydrogen-bond acceptors (Lipinski definition) is 5. The average Bonchev–Trinajstić information content (AvgIpc) is 2.63. The van der Waals surface area contributed by atoms with E-state index in [1.807, 2.05) is 0 Å². The maximum atomic E-state index is 5.64. The summed E-state index contributed by atoms with van der Waals surface area (Å²) in [4.78, 5) is 9.31. The normalized spacial score (nSPS) is 19.7. The molecule has 0 atom stereocenters. The summed E-state index contributed by atoms with van der Waals surface area (Å²) in [6, 6.07) is 0. The van der Waals surface area contributed by atoms with Crippen LogP contribution in [-0.4, -0.2) is 46.5 Å². The van der Waals surface area contributed by atoms with Crippen LogP contribution in [0.15, 0.2) is 5.38 Å². The molecule has 1 aromatic heterocycles. The lowest BCUT2D eigenvalue weighted by molar-refractivity contribution is 0.0587. The van der Waals surface area contributed by atoms with Crippen LogP contribution in [0.1, 0.15) is 26.5 Å². The number of nitrogens with two attached hydrogens (primary N) is 1. The van der Waals surface area contributed by atoms with E-state index in [1.54, 1.807) is 0 Å². The molecular formula is C12H22N4S. The number of nitrogen functional groups attached to an aromatic ring is 1. The van der Waals surface area contributed by atoms with Crippen LogP contribution in [0, 0.1) is 0 Å². The highest BCUT2D eigenvalue weighted by molar-refractivity contribution is 7.13. The Balaban J connectivity index is 1.83. The second-order valence-electron chi connectivity index (χ2n) is 5.61. The third kappa shape index (κ3) is 3.40. The third-order valence-electron chi connectivity index (χ3n) is 3.28. The highest BCUT2D eigenvalue weighted by atomic mass is 32.1. The van der Waals surface area contributed by atoms with Crippen LogP contribution in [0.5, 0.6) is 0 Å². The molecule has 5 heteroatoms. The molecule has 1 saturated heterocycles. The molecule has 0 unspecified atom stereocenters. The highest BCUT2D eigenvalue weighted by Gasteiger charge is 2.25. The van der Waals surface area contributed by atoms with Crippen LogP contribution in [0.4, 0.5) is 5.13 Å². The van der Waals surface area contributed by atoms with Crippen LogP contribution >= 0.6 is 11.3 Å².